The van der Waals surface area contributed by atoms with Crippen LogP contribution in [-0.4, -0.2) is 36.8 Å². The number of hydrogen-bond donors (Lipinski definition) is 0. The predicted octanol–water partition coefficient (Wildman–Crippen LogP) is 1.87. The summed E-state index contributed by atoms with van der Waals surface area (Å²) in [5.41, 5.74) is 0.857. The molecule has 1 aliphatic heterocycles. The summed E-state index contributed by atoms with van der Waals surface area (Å²) < 4.78 is 18.7. The van der Waals surface area contributed by atoms with Gasteiger partial charge < -0.3 is 18.8 Å². The molecule has 7 nitrogen and oxygen atoms in total. The van der Waals surface area contributed by atoms with Crippen LogP contribution in [-0.2, 0) is 20.9 Å². The number of thiazole rings is 1. The molecule has 1 aromatic carbocycles. The third kappa shape index (κ3) is 3.28. The molecule has 8 heteroatoms. The summed E-state index contributed by atoms with van der Waals surface area (Å²) in [7, 11) is 1.35. The number of aryl methyl sites for hydroxylation is 1. The van der Waals surface area contributed by atoms with E-state index in [0.717, 1.165) is 10.2 Å². The first-order valence-corrected chi connectivity index (χ1v) is 8.51. The number of benzene rings is 1. The molecule has 1 aromatic heterocycles. The van der Waals surface area contributed by atoms with Crippen LogP contribution in [0.15, 0.2) is 17.1 Å². The van der Waals surface area contributed by atoms with Gasteiger partial charge in [0.1, 0.15) is 13.2 Å². The second-order valence-corrected chi connectivity index (χ2v) is 6.19. The smallest absolute Gasteiger partial charge is 0.307 e. The molecule has 0 saturated heterocycles. The standard InChI is InChI=1S/C16H18N2O5S/c1-3-14(19)17-16-18(5-4-15(20)21-2)10-8-11-12(9-13(10)24-16)23-7-6-22-11/h8-9H,3-7H2,1-2H3. The molecule has 0 radical (unpaired) electrons. The topological polar surface area (TPSA) is 79.1 Å². The zero-order chi connectivity index (χ0) is 17.1. The van der Waals surface area contributed by atoms with Crippen LogP contribution < -0.4 is 14.3 Å². The van der Waals surface area contributed by atoms with E-state index in [1.54, 1.807) is 6.92 Å². The van der Waals surface area contributed by atoms with E-state index < -0.39 is 0 Å². The lowest BCUT2D eigenvalue weighted by Gasteiger charge is -2.18. The Bertz CT molecular complexity index is 852. The Balaban J connectivity index is 2.11. The van der Waals surface area contributed by atoms with E-state index in [2.05, 4.69) is 4.99 Å². The van der Waals surface area contributed by atoms with Crippen molar-refractivity contribution >= 4 is 33.4 Å². The van der Waals surface area contributed by atoms with Gasteiger partial charge in [0.25, 0.3) is 0 Å². The van der Waals surface area contributed by atoms with Crippen molar-refractivity contribution in [3.63, 3.8) is 0 Å². The molecule has 0 unspecified atom stereocenters. The molecule has 0 aliphatic carbocycles. The van der Waals surface area contributed by atoms with Crippen LogP contribution in [0.25, 0.3) is 10.2 Å². The van der Waals surface area contributed by atoms with Gasteiger partial charge >= 0.3 is 5.97 Å². The summed E-state index contributed by atoms with van der Waals surface area (Å²) in [6.45, 7) is 3.15. The van der Waals surface area contributed by atoms with Crippen LogP contribution in [0.4, 0.5) is 0 Å². The number of rotatable bonds is 4. The van der Waals surface area contributed by atoms with Gasteiger partial charge in [-0.1, -0.05) is 18.3 Å². The first-order valence-electron chi connectivity index (χ1n) is 7.69. The lowest BCUT2D eigenvalue weighted by atomic mass is 10.2. The fourth-order valence-corrected chi connectivity index (χ4v) is 3.48. The van der Waals surface area contributed by atoms with E-state index in [4.69, 9.17) is 14.2 Å². The quantitative estimate of drug-likeness (QED) is 0.787. The number of esters is 1. The molecule has 24 heavy (non-hydrogen) atoms. The van der Waals surface area contributed by atoms with Gasteiger partial charge in [-0.3, -0.25) is 9.59 Å². The normalized spacial score (nSPS) is 14.0. The second kappa shape index (κ2) is 7.04. The minimum atomic E-state index is -0.313. The molecule has 2 aromatic rings. The third-order valence-electron chi connectivity index (χ3n) is 3.64. The minimum absolute atomic E-state index is 0.199. The monoisotopic (exact) mass is 350 g/mol. The third-order valence-corrected chi connectivity index (χ3v) is 4.68. The fourth-order valence-electron chi connectivity index (χ4n) is 2.40. The molecule has 0 fully saturated rings. The highest BCUT2D eigenvalue weighted by molar-refractivity contribution is 7.16. The van der Waals surface area contributed by atoms with Gasteiger partial charge in [0, 0.05) is 25.1 Å². The van der Waals surface area contributed by atoms with E-state index >= 15 is 0 Å². The van der Waals surface area contributed by atoms with Crippen molar-refractivity contribution in [1.29, 1.82) is 0 Å². The lowest BCUT2D eigenvalue weighted by Crippen LogP contribution is -2.19. The van der Waals surface area contributed by atoms with E-state index in [-0.39, 0.29) is 18.3 Å². The number of carbonyl (C=O) groups is 2. The van der Waals surface area contributed by atoms with E-state index in [1.165, 1.54) is 18.4 Å². The Hall–Kier alpha value is -2.35. The van der Waals surface area contributed by atoms with Crippen molar-refractivity contribution < 1.29 is 23.8 Å². The Labute approximate surface area is 142 Å². The first kappa shape index (κ1) is 16.5. The summed E-state index contributed by atoms with van der Waals surface area (Å²) >= 11 is 1.39. The summed E-state index contributed by atoms with van der Waals surface area (Å²) in [6.07, 6.45) is 0.526. The number of hydrogen-bond acceptors (Lipinski definition) is 6. The van der Waals surface area contributed by atoms with Crippen molar-refractivity contribution in [3.05, 3.63) is 16.9 Å². The Kier molecular flexibility index (Phi) is 4.84. The van der Waals surface area contributed by atoms with Crippen molar-refractivity contribution in [3.8, 4) is 11.5 Å². The second-order valence-electron chi connectivity index (χ2n) is 5.19. The van der Waals surface area contributed by atoms with Gasteiger partial charge in [-0.05, 0) is 0 Å². The largest absolute Gasteiger partial charge is 0.486 e. The van der Waals surface area contributed by atoms with Crippen molar-refractivity contribution in [1.82, 2.24) is 4.57 Å². The molecule has 0 saturated carbocycles. The molecule has 3 rings (SSSR count). The maximum absolute atomic E-state index is 11.7. The highest BCUT2D eigenvalue weighted by Gasteiger charge is 2.17. The Morgan fingerprint density at radius 1 is 1.29 bits per heavy atom. The van der Waals surface area contributed by atoms with Gasteiger partial charge in [-0.2, -0.15) is 4.99 Å². The number of ether oxygens (including phenoxy) is 3. The maximum Gasteiger partial charge on any atom is 0.307 e. The molecule has 0 atom stereocenters. The lowest BCUT2D eigenvalue weighted by molar-refractivity contribution is -0.140. The molecule has 128 valence electrons. The molecule has 1 amide bonds. The highest BCUT2D eigenvalue weighted by atomic mass is 32.1. The molecule has 0 bridgehead atoms. The van der Waals surface area contributed by atoms with Gasteiger partial charge in [0.2, 0.25) is 5.91 Å². The average molecular weight is 350 g/mol. The van der Waals surface area contributed by atoms with Crippen LogP contribution in [0.5, 0.6) is 11.5 Å². The Morgan fingerprint density at radius 2 is 2.00 bits per heavy atom. The zero-order valence-corrected chi connectivity index (χ0v) is 14.4. The minimum Gasteiger partial charge on any atom is -0.486 e. The maximum atomic E-state index is 11.7. The van der Waals surface area contributed by atoms with Gasteiger partial charge in [0.15, 0.2) is 16.3 Å². The van der Waals surface area contributed by atoms with E-state index in [0.29, 0.717) is 42.5 Å². The summed E-state index contributed by atoms with van der Waals surface area (Å²) in [4.78, 5) is 27.9. The molecule has 1 aliphatic rings. The van der Waals surface area contributed by atoms with Gasteiger partial charge in [0.05, 0.1) is 23.7 Å². The first-order chi connectivity index (χ1) is 11.6. The van der Waals surface area contributed by atoms with Crippen molar-refractivity contribution in [2.45, 2.75) is 26.3 Å². The highest BCUT2D eigenvalue weighted by Crippen LogP contribution is 2.35. The number of carbonyl (C=O) groups excluding carboxylic acids is 2. The van der Waals surface area contributed by atoms with Crippen LogP contribution in [0.2, 0.25) is 0 Å². The van der Waals surface area contributed by atoms with Gasteiger partial charge in [-0.15, -0.1) is 0 Å². The number of fused-ring (bicyclic) bond motifs is 2. The number of aromatic nitrogens is 1. The summed E-state index contributed by atoms with van der Waals surface area (Å²) in [6, 6.07) is 3.76. The van der Waals surface area contributed by atoms with Crippen LogP contribution in [0.3, 0.4) is 0 Å². The predicted molar refractivity (Wildman–Crippen MR) is 88.3 cm³/mol. The SMILES string of the molecule is CCC(=O)N=c1sc2cc3c(cc2n1CCC(=O)OC)OCCO3. The number of nitrogens with zero attached hydrogens (tertiary/aromatic N) is 2. The van der Waals surface area contributed by atoms with Crippen LogP contribution >= 0.6 is 11.3 Å². The van der Waals surface area contributed by atoms with Crippen molar-refractivity contribution in [2.24, 2.45) is 4.99 Å². The Morgan fingerprint density at radius 3 is 2.67 bits per heavy atom. The fraction of sp³-hybridized carbons (Fsp3) is 0.438. The van der Waals surface area contributed by atoms with Gasteiger partial charge in [-0.25, -0.2) is 0 Å². The average Bonchev–Trinajstić information content (AvgIpc) is 2.93. The molecule has 2 heterocycles. The molecule has 0 N–H and O–H groups in total. The molecule has 0 spiro atoms. The number of methoxy groups -OCH3 is 1. The number of amides is 1. The zero-order valence-electron chi connectivity index (χ0n) is 13.5. The summed E-state index contributed by atoms with van der Waals surface area (Å²) in [5.74, 6) is 0.827. The van der Waals surface area contributed by atoms with Crippen molar-refractivity contribution in [2.75, 3.05) is 20.3 Å². The van der Waals surface area contributed by atoms with E-state index in [9.17, 15) is 9.59 Å². The molecular weight excluding hydrogens is 332 g/mol. The summed E-state index contributed by atoms with van der Waals surface area (Å²) in [5, 5.41) is 0. The van der Waals surface area contributed by atoms with Crippen LogP contribution in [0, 0.1) is 0 Å². The van der Waals surface area contributed by atoms with Crippen LogP contribution in [0.1, 0.15) is 19.8 Å². The van der Waals surface area contributed by atoms with E-state index in [1.807, 2.05) is 16.7 Å². The molecular formula is C16H18N2O5S.